The first-order chi connectivity index (χ1) is 18.0. The van der Waals surface area contributed by atoms with E-state index >= 15 is 0 Å². The van der Waals surface area contributed by atoms with Crippen LogP contribution in [0.1, 0.15) is 33.5 Å². The largest absolute Gasteiger partial charge is 0.381 e. The summed E-state index contributed by atoms with van der Waals surface area (Å²) >= 11 is 0. The van der Waals surface area contributed by atoms with Gasteiger partial charge in [0.2, 0.25) is 0 Å². The molecule has 6 rings (SSSR count). The van der Waals surface area contributed by atoms with E-state index in [1.54, 1.807) is 4.90 Å². The molecule has 4 heterocycles. The van der Waals surface area contributed by atoms with Crippen molar-refractivity contribution in [3.05, 3.63) is 71.0 Å². The maximum absolute atomic E-state index is 12.9. The third-order valence-electron chi connectivity index (χ3n) is 7.77. The Balaban J connectivity index is 1.27. The van der Waals surface area contributed by atoms with Gasteiger partial charge in [0.05, 0.1) is 18.5 Å². The first-order valence-electron chi connectivity index (χ1n) is 13.1. The van der Waals surface area contributed by atoms with Gasteiger partial charge in [-0.15, -0.1) is 0 Å². The highest BCUT2D eigenvalue weighted by Crippen LogP contribution is 2.31. The van der Waals surface area contributed by atoms with E-state index in [1.165, 1.54) is 16.7 Å². The Hall–Kier alpha value is -3.55. The van der Waals surface area contributed by atoms with Crippen LogP contribution in [0.3, 0.4) is 0 Å². The number of nitrogens with zero attached hydrogens (tertiary/aromatic N) is 4. The van der Waals surface area contributed by atoms with Gasteiger partial charge in [0.1, 0.15) is 5.52 Å². The molecular formula is C30H33N5O2. The minimum absolute atomic E-state index is 0.0351. The van der Waals surface area contributed by atoms with Crippen molar-refractivity contribution < 1.29 is 9.53 Å². The highest BCUT2D eigenvalue weighted by Gasteiger charge is 2.21. The number of aromatic amines is 1. The number of hydrogen-bond donors (Lipinski definition) is 1. The van der Waals surface area contributed by atoms with Crippen molar-refractivity contribution in [2.24, 2.45) is 5.92 Å². The zero-order valence-corrected chi connectivity index (χ0v) is 21.8. The number of rotatable bonds is 5. The van der Waals surface area contributed by atoms with Crippen molar-refractivity contribution >= 4 is 17.1 Å². The molecule has 0 saturated carbocycles. The fourth-order valence-electron chi connectivity index (χ4n) is 5.67. The molecule has 2 aromatic carbocycles. The van der Waals surface area contributed by atoms with Gasteiger partial charge in [-0.25, -0.2) is 9.97 Å². The molecule has 2 aromatic heterocycles. The van der Waals surface area contributed by atoms with Crippen molar-refractivity contribution in [3.8, 4) is 22.4 Å². The Labute approximate surface area is 217 Å². The second kappa shape index (κ2) is 9.72. The van der Waals surface area contributed by atoms with E-state index in [1.807, 2.05) is 43.7 Å². The molecule has 1 N–H and O–H groups in total. The molecule has 1 unspecified atom stereocenters. The van der Waals surface area contributed by atoms with Crippen molar-refractivity contribution in [2.45, 2.75) is 26.3 Å². The molecule has 1 atom stereocenters. The number of amides is 1. The average molecular weight is 496 g/mol. The number of benzene rings is 2. The molecule has 4 aromatic rings. The van der Waals surface area contributed by atoms with Gasteiger partial charge < -0.3 is 19.5 Å². The van der Waals surface area contributed by atoms with Crippen LogP contribution in [0.15, 0.2) is 48.8 Å². The second-order valence-corrected chi connectivity index (χ2v) is 10.6. The van der Waals surface area contributed by atoms with Gasteiger partial charge in [-0.1, -0.05) is 12.1 Å². The summed E-state index contributed by atoms with van der Waals surface area (Å²) in [6, 6.07) is 12.3. The number of likely N-dealkylation sites (N-methyl/N-ethyl adjacent to an activating group) is 1. The summed E-state index contributed by atoms with van der Waals surface area (Å²) in [6.45, 7) is 6.51. The third-order valence-corrected chi connectivity index (χ3v) is 7.77. The Kier molecular flexibility index (Phi) is 6.26. The van der Waals surface area contributed by atoms with Crippen LogP contribution < -0.4 is 0 Å². The van der Waals surface area contributed by atoms with E-state index < -0.39 is 0 Å². The zero-order chi connectivity index (χ0) is 25.5. The summed E-state index contributed by atoms with van der Waals surface area (Å²) < 4.78 is 5.45. The van der Waals surface area contributed by atoms with Gasteiger partial charge in [-0.05, 0) is 73.3 Å². The van der Waals surface area contributed by atoms with E-state index in [9.17, 15) is 4.79 Å². The van der Waals surface area contributed by atoms with Crippen molar-refractivity contribution in [3.63, 3.8) is 0 Å². The minimum atomic E-state index is 0.0351. The summed E-state index contributed by atoms with van der Waals surface area (Å²) in [4.78, 5) is 30.1. The minimum Gasteiger partial charge on any atom is -0.381 e. The van der Waals surface area contributed by atoms with E-state index in [2.05, 4.69) is 41.0 Å². The molecule has 190 valence electrons. The SMILES string of the molecule is Cc1cc(-c2cnc3[nH]cc(-c4ccc(C(=O)N(C)CC5CCOC5)cc4)c3n2)cc2c1CCN(C)C2. The van der Waals surface area contributed by atoms with E-state index in [0.29, 0.717) is 11.5 Å². The smallest absolute Gasteiger partial charge is 0.253 e. The average Bonchev–Trinajstić information content (AvgIpc) is 3.57. The molecule has 7 nitrogen and oxygen atoms in total. The molecule has 1 saturated heterocycles. The number of aryl methyl sites for hydroxylation is 1. The molecule has 1 fully saturated rings. The molecule has 7 heteroatoms. The van der Waals surface area contributed by atoms with E-state index in [0.717, 1.165) is 79.2 Å². The second-order valence-electron chi connectivity index (χ2n) is 10.6. The summed E-state index contributed by atoms with van der Waals surface area (Å²) in [5.74, 6) is 0.458. The monoisotopic (exact) mass is 495 g/mol. The summed E-state index contributed by atoms with van der Waals surface area (Å²) in [6.07, 6.45) is 5.91. The maximum Gasteiger partial charge on any atom is 0.253 e. The quantitative estimate of drug-likeness (QED) is 0.435. The number of ether oxygens (including phenoxy) is 1. The lowest BCUT2D eigenvalue weighted by Crippen LogP contribution is -2.32. The molecule has 0 spiro atoms. The first-order valence-corrected chi connectivity index (χ1v) is 13.1. The maximum atomic E-state index is 12.9. The predicted octanol–water partition coefficient (Wildman–Crippen LogP) is 4.70. The number of nitrogens with one attached hydrogen (secondary N) is 1. The highest BCUT2D eigenvalue weighted by atomic mass is 16.5. The Bertz CT molecular complexity index is 1450. The normalized spacial score (nSPS) is 17.8. The Morgan fingerprint density at radius 1 is 1.22 bits per heavy atom. The molecule has 1 amide bonds. The van der Waals surface area contributed by atoms with Crippen LogP contribution >= 0.6 is 0 Å². The number of H-pyrrole nitrogens is 1. The van der Waals surface area contributed by atoms with Crippen molar-refractivity contribution in [1.29, 1.82) is 0 Å². The summed E-state index contributed by atoms with van der Waals surface area (Å²) in [5.41, 5.74) is 10.4. The number of fused-ring (bicyclic) bond motifs is 2. The number of carbonyl (C=O) groups excluding carboxylic acids is 1. The van der Waals surface area contributed by atoms with Gasteiger partial charge >= 0.3 is 0 Å². The van der Waals surface area contributed by atoms with Gasteiger partial charge in [0, 0.05) is 62.1 Å². The van der Waals surface area contributed by atoms with E-state index in [4.69, 9.17) is 9.72 Å². The number of carbonyl (C=O) groups is 1. The topological polar surface area (TPSA) is 74.3 Å². The molecule has 37 heavy (non-hydrogen) atoms. The van der Waals surface area contributed by atoms with Crippen LogP contribution in [0, 0.1) is 12.8 Å². The van der Waals surface area contributed by atoms with Crippen LogP contribution in [0.5, 0.6) is 0 Å². The lowest BCUT2D eigenvalue weighted by atomic mass is 9.92. The Morgan fingerprint density at radius 2 is 2.05 bits per heavy atom. The van der Waals surface area contributed by atoms with Gasteiger partial charge in [0.25, 0.3) is 5.91 Å². The zero-order valence-electron chi connectivity index (χ0n) is 21.8. The molecule has 2 aliphatic rings. The molecule has 0 radical (unpaired) electrons. The first kappa shape index (κ1) is 23.8. The van der Waals surface area contributed by atoms with Crippen LogP contribution in [0.2, 0.25) is 0 Å². The van der Waals surface area contributed by atoms with Crippen LogP contribution in [0.4, 0.5) is 0 Å². The lowest BCUT2D eigenvalue weighted by molar-refractivity contribution is 0.0766. The summed E-state index contributed by atoms with van der Waals surface area (Å²) in [5, 5.41) is 0. The molecule has 0 bridgehead atoms. The predicted molar refractivity (Wildman–Crippen MR) is 145 cm³/mol. The van der Waals surface area contributed by atoms with Crippen molar-refractivity contribution in [1.82, 2.24) is 24.8 Å². The Morgan fingerprint density at radius 3 is 2.84 bits per heavy atom. The van der Waals surface area contributed by atoms with Crippen LogP contribution in [-0.2, 0) is 17.7 Å². The molecule has 2 aliphatic heterocycles. The van der Waals surface area contributed by atoms with Crippen molar-refractivity contribution in [2.75, 3.05) is 40.4 Å². The summed E-state index contributed by atoms with van der Waals surface area (Å²) in [7, 11) is 4.04. The number of hydrogen-bond acceptors (Lipinski definition) is 5. The fourth-order valence-corrected chi connectivity index (χ4v) is 5.67. The van der Waals surface area contributed by atoms with Gasteiger partial charge in [0.15, 0.2) is 5.65 Å². The molecular weight excluding hydrogens is 462 g/mol. The number of aromatic nitrogens is 3. The van der Waals surface area contributed by atoms with Gasteiger partial charge in [-0.3, -0.25) is 4.79 Å². The third kappa shape index (κ3) is 4.65. The lowest BCUT2D eigenvalue weighted by Gasteiger charge is -2.27. The van der Waals surface area contributed by atoms with Crippen LogP contribution in [-0.4, -0.2) is 71.1 Å². The van der Waals surface area contributed by atoms with Gasteiger partial charge in [-0.2, -0.15) is 0 Å². The standard InChI is InChI=1S/C30H33N5O2/c1-19-12-23(13-24-17-34(2)10-8-25(19)24)27-15-32-29-28(33-27)26(14-31-29)21-4-6-22(7-5-21)30(36)35(3)16-20-9-11-37-18-20/h4-7,12-15,20H,8-11,16-18H2,1-3H3,(H,31,32). The molecule has 0 aliphatic carbocycles. The van der Waals surface area contributed by atoms with E-state index in [-0.39, 0.29) is 5.91 Å². The fraction of sp³-hybridized carbons (Fsp3) is 0.367. The van der Waals surface area contributed by atoms with Crippen LogP contribution in [0.25, 0.3) is 33.5 Å². The highest BCUT2D eigenvalue weighted by molar-refractivity contribution is 5.96.